The Balaban J connectivity index is 1.31. The third kappa shape index (κ3) is 4.01. The van der Waals surface area contributed by atoms with E-state index in [9.17, 15) is 9.59 Å². The molecule has 0 radical (unpaired) electrons. The molecule has 1 amide bonds. The van der Waals surface area contributed by atoms with E-state index in [0.29, 0.717) is 17.9 Å². The van der Waals surface area contributed by atoms with Gasteiger partial charge < -0.3 is 0 Å². The van der Waals surface area contributed by atoms with Crippen LogP contribution in [0.3, 0.4) is 0 Å². The van der Waals surface area contributed by atoms with Gasteiger partial charge in [-0.15, -0.1) is 0 Å². The Morgan fingerprint density at radius 1 is 0.781 bits per heavy atom. The molecule has 0 atom stereocenters. The average Bonchev–Trinajstić information content (AvgIpc) is 3.06. The van der Waals surface area contributed by atoms with Crippen molar-refractivity contribution in [3.8, 4) is 0 Å². The molecule has 3 aromatic carbocycles. The van der Waals surface area contributed by atoms with Gasteiger partial charge in [-0.1, -0.05) is 76.6 Å². The van der Waals surface area contributed by atoms with Crippen LogP contribution in [0.4, 0.5) is 5.69 Å². The van der Waals surface area contributed by atoms with Crippen molar-refractivity contribution < 1.29 is 9.59 Å². The molecule has 0 unspecified atom stereocenters. The van der Waals surface area contributed by atoms with E-state index in [1.165, 1.54) is 11.1 Å². The summed E-state index contributed by atoms with van der Waals surface area (Å²) in [5, 5.41) is 0. The van der Waals surface area contributed by atoms with Crippen LogP contribution in [0.15, 0.2) is 83.3 Å². The van der Waals surface area contributed by atoms with Gasteiger partial charge in [-0.25, -0.2) is 0 Å². The Morgan fingerprint density at radius 3 is 1.97 bits per heavy atom. The van der Waals surface area contributed by atoms with Gasteiger partial charge in [-0.2, -0.15) is 0 Å². The summed E-state index contributed by atoms with van der Waals surface area (Å²) in [4.78, 5) is 31.4. The van der Waals surface area contributed by atoms with Crippen molar-refractivity contribution in [2.24, 2.45) is 0 Å². The molecule has 5 nitrogen and oxygen atoms in total. The largest absolute Gasteiger partial charge is 0.300 e. The number of hydrogen-bond acceptors (Lipinski definition) is 4. The summed E-state index contributed by atoms with van der Waals surface area (Å²) in [6.07, 6.45) is 0. The number of ketones is 1. The molecular weight excluding hydrogens is 466 g/mol. The Morgan fingerprint density at radius 2 is 1.38 bits per heavy atom. The zero-order valence-electron chi connectivity index (χ0n) is 17.7. The number of nitrogens with zero attached hydrogens (tertiary/aromatic N) is 3. The summed E-state index contributed by atoms with van der Waals surface area (Å²) in [5.41, 5.74) is 3.76. The van der Waals surface area contributed by atoms with E-state index < -0.39 is 11.7 Å². The highest BCUT2D eigenvalue weighted by Gasteiger charge is 2.37. The van der Waals surface area contributed by atoms with Gasteiger partial charge >= 0.3 is 5.91 Å². The van der Waals surface area contributed by atoms with Crippen molar-refractivity contribution in [3.05, 3.63) is 100 Å². The molecule has 1 fully saturated rings. The molecule has 0 aliphatic carbocycles. The second kappa shape index (κ2) is 8.98. The van der Waals surface area contributed by atoms with E-state index in [4.69, 9.17) is 0 Å². The Kier molecular flexibility index (Phi) is 5.91. The Hall–Kier alpha value is -2.80. The van der Waals surface area contributed by atoms with Gasteiger partial charge in [0, 0.05) is 30.7 Å². The molecule has 0 bridgehead atoms. The van der Waals surface area contributed by atoms with Gasteiger partial charge in [0.1, 0.15) is 0 Å². The third-order valence-electron chi connectivity index (χ3n) is 6.28. The number of hydrogen-bond donors (Lipinski definition) is 0. The number of fused-ring (bicyclic) bond motifs is 1. The van der Waals surface area contributed by atoms with Crippen LogP contribution in [0, 0.1) is 0 Å². The minimum atomic E-state index is -0.438. The van der Waals surface area contributed by atoms with E-state index in [1.807, 2.05) is 24.3 Å². The van der Waals surface area contributed by atoms with Crippen molar-refractivity contribution in [1.82, 2.24) is 9.80 Å². The van der Waals surface area contributed by atoms with Gasteiger partial charge in [0.15, 0.2) is 0 Å². The first-order chi connectivity index (χ1) is 15.6. The van der Waals surface area contributed by atoms with Crippen LogP contribution in [0.5, 0.6) is 0 Å². The molecule has 3 aromatic rings. The van der Waals surface area contributed by atoms with E-state index in [1.54, 1.807) is 11.0 Å². The monoisotopic (exact) mass is 489 g/mol. The van der Waals surface area contributed by atoms with Gasteiger partial charge in [0.2, 0.25) is 0 Å². The van der Waals surface area contributed by atoms with Gasteiger partial charge in [0.25, 0.3) is 5.78 Å². The summed E-state index contributed by atoms with van der Waals surface area (Å²) >= 11 is 3.39. The van der Waals surface area contributed by atoms with Crippen LogP contribution < -0.4 is 4.90 Å². The first-order valence-corrected chi connectivity index (χ1v) is 11.6. The predicted octanol–water partition coefficient (Wildman–Crippen LogP) is 4.34. The zero-order valence-corrected chi connectivity index (χ0v) is 19.2. The lowest BCUT2D eigenvalue weighted by atomic mass is 9.96. The van der Waals surface area contributed by atoms with Crippen LogP contribution in [0.25, 0.3) is 0 Å². The maximum atomic E-state index is 12.6. The first-order valence-electron chi connectivity index (χ1n) is 10.8. The van der Waals surface area contributed by atoms with Crippen molar-refractivity contribution in [2.45, 2.75) is 6.04 Å². The lowest BCUT2D eigenvalue weighted by Gasteiger charge is -2.40. The van der Waals surface area contributed by atoms with E-state index in [-0.39, 0.29) is 6.04 Å². The fraction of sp³-hybridized carbons (Fsp3) is 0.231. The second-order valence-corrected chi connectivity index (χ2v) is 9.16. The number of piperazine rings is 1. The topological polar surface area (TPSA) is 43.9 Å². The third-order valence-corrected chi connectivity index (χ3v) is 6.77. The standard InChI is InChI=1S/C26H24BrN3O2/c27-21-11-12-23-22(17-21)25(31)26(32)30(23)18-28-13-15-29(16-14-28)24(19-7-3-1-4-8-19)20-9-5-2-6-10-20/h1-12,17,24H,13-16,18H2. The van der Waals surface area contributed by atoms with Crippen molar-refractivity contribution in [2.75, 3.05) is 37.7 Å². The molecule has 5 rings (SSSR count). The molecule has 2 heterocycles. The highest BCUT2D eigenvalue weighted by molar-refractivity contribution is 9.10. The molecule has 0 spiro atoms. The van der Waals surface area contributed by atoms with Crippen LogP contribution in [0.2, 0.25) is 0 Å². The zero-order chi connectivity index (χ0) is 22.1. The quantitative estimate of drug-likeness (QED) is 0.500. The number of Topliss-reactive ketones (excluding diaryl/α,β-unsaturated/α-hetero) is 1. The Bertz CT molecular complexity index is 1090. The fourth-order valence-electron chi connectivity index (χ4n) is 4.66. The molecule has 162 valence electrons. The summed E-state index contributed by atoms with van der Waals surface area (Å²) in [7, 11) is 0. The number of amides is 1. The number of benzene rings is 3. The van der Waals surface area contributed by atoms with Crippen LogP contribution in [-0.4, -0.2) is 54.3 Å². The SMILES string of the molecule is O=C1C(=O)N(CN2CCN(C(c3ccccc3)c3ccccc3)CC2)c2ccc(Br)cc21. The Labute approximate surface area is 196 Å². The van der Waals surface area contributed by atoms with Crippen LogP contribution in [-0.2, 0) is 4.79 Å². The molecule has 2 aliphatic rings. The molecule has 1 saturated heterocycles. The molecular formula is C26H24BrN3O2. The lowest BCUT2D eigenvalue weighted by Crippen LogP contribution is -2.51. The molecule has 2 aliphatic heterocycles. The summed E-state index contributed by atoms with van der Waals surface area (Å²) in [6.45, 7) is 3.88. The van der Waals surface area contributed by atoms with Crippen molar-refractivity contribution in [1.29, 1.82) is 0 Å². The van der Waals surface area contributed by atoms with Crippen molar-refractivity contribution >= 4 is 33.3 Å². The molecule has 32 heavy (non-hydrogen) atoms. The van der Waals surface area contributed by atoms with Gasteiger partial charge in [0.05, 0.1) is 24.0 Å². The lowest BCUT2D eigenvalue weighted by molar-refractivity contribution is -0.114. The average molecular weight is 490 g/mol. The first kappa shape index (κ1) is 21.1. The van der Waals surface area contributed by atoms with Crippen LogP contribution in [0.1, 0.15) is 27.5 Å². The van der Waals surface area contributed by atoms with Gasteiger partial charge in [-0.05, 0) is 29.3 Å². The molecule has 0 N–H and O–H groups in total. The van der Waals surface area contributed by atoms with Gasteiger partial charge in [-0.3, -0.25) is 24.3 Å². The second-order valence-electron chi connectivity index (χ2n) is 8.24. The fourth-order valence-corrected chi connectivity index (χ4v) is 5.02. The number of carbonyl (C=O) groups is 2. The number of rotatable bonds is 5. The maximum absolute atomic E-state index is 12.6. The number of carbonyl (C=O) groups excluding carboxylic acids is 2. The van der Waals surface area contributed by atoms with E-state index >= 15 is 0 Å². The van der Waals surface area contributed by atoms with E-state index in [2.05, 4.69) is 74.3 Å². The van der Waals surface area contributed by atoms with Crippen molar-refractivity contribution in [3.63, 3.8) is 0 Å². The number of anilines is 1. The number of halogens is 1. The smallest absolute Gasteiger partial charge is 0.291 e. The predicted molar refractivity (Wildman–Crippen MR) is 129 cm³/mol. The minimum absolute atomic E-state index is 0.202. The molecule has 0 aromatic heterocycles. The molecule has 6 heteroatoms. The summed E-state index contributed by atoms with van der Waals surface area (Å²) < 4.78 is 0.806. The molecule has 0 saturated carbocycles. The minimum Gasteiger partial charge on any atom is -0.291 e. The summed E-state index contributed by atoms with van der Waals surface area (Å²) in [5.74, 6) is -0.861. The highest BCUT2D eigenvalue weighted by Crippen LogP contribution is 2.33. The maximum Gasteiger partial charge on any atom is 0.300 e. The highest BCUT2D eigenvalue weighted by atomic mass is 79.9. The van der Waals surface area contributed by atoms with Crippen LogP contribution >= 0.6 is 15.9 Å². The summed E-state index contributed by atoms with van der Waals surface area (Å²) in [6, 6.07) is 26.9. The normalized spacial score (nSPS) is 17.2. The van der Waals surface area contributed by atoms with E-state index in [0.717, 1.165) is 30.7 Å².